The minimum atomic E-state index is -1.08. The minimum absolute atomic E-state index is 0.0114. The van der Waals surface area contributed by atoms with E-state index in [-0.39, 0.29) is 35.7 Å². The van der Waals surface area contributed by atoms with Crippen molar-refractivity contribution in [3.8, 4) is 0 Å². The number of aliphatic hydroxyl groups is 1. The van der Waals surface area contributed by atoms with E-state index in [1.54, 1.807) is 29.0 Å². The van der Waals surface area contributed by atoms with Gasteiger partial charge in [-0.25, -0.2) is 0 Å². The highest BCUT2D eigenvalue weighted by Gasteiger charge is 2.80. The topological polar surface area (TPSA) is 90.4 Å². The van der Waals surface area contributed by atoms with Crippen molar-refractivity contribution in [3.05, 3.63) is 25.3 Å². The van der Waals surface area contributed by atoms with Crippen molar-refractivity contribution in [1.29, 1.82) is 0 Å². The van der Waals surface area contributed by atoms with E-state index >= 15 is 0 Å². The third-order valence-corrected chi connectivity index (χ3v) is 9.42. The SMILES string of the molecule is C=CCN(C)C(=O)[C@@H]1[C@H]2C(=O)N(CCCCCO)C(C(=O)N(CC=C)C(C)(C)CC(C)(C)C)C23CC(C)[C@@]1(C)O3. The summed E-state index contributed by atoms with van der Waals surface area (Å²) in [7, 11) is 1.73. The third kappa shape index (κ3) is 5.50. The Hall–Kier alpha value is -2.19. The molecule has 1 spiro atoms. The zero-order chi connectivity index (χ0) is 30.3. The van der Waals surface area contributed by atoms with Gasteiger partial charge in [-0.2, -0.15) is 0 Å². The van der Waals surface area contributed by atoms with E-state index in [1.807, 2.05) is 11.8 Å². The van der Waals surface area contributed by atoms with Crippen LogP contribution >= 0.6 is 0 Å². The van der Waals surface area contributed by atoms with E-state index in [0.717, 1.165) is 12.8 Å². The van der Waals surface area contributed by atoms with Crippen LogP contribution in [0.5, 0.6) is 0 Å². The van der Waals surface area contributed by atoms with Gasteiger partial charge in [0, 0.05) is 38.8 Å². The number of amides is 3. The second-order valence-corrected chi connectivity index (χ2v) is 14.3. The summed E-state index contributed by atoms with van der Waals surface area (Å²) in [5, 5.41) is 9.31. The summed E-state index contributed by atoms with van der Waals surface area (Å²) < 4.78 is 6.90. The number of hydrogen-bond acceptors (Lipinski definition) is 5. The van der Waals surface area contributed by atoms with Crippen LogP contribution < -0.4 is 0 Å². The number of likely N-dealkylation sites (N-methyl/N-ethyl adjacent to an activating group) is 1. The summed E-state index contributed by atoms with van der Waals surface area (Å²) in [6, 6.07) is -0.829. The number of fused-ring (bicyclic) bond motifs is 1. The van der Waals surface area contributed by atoms with Gasteiger partial charge in [-0.05, 0) is 64.2 Å². The highest BCUT2D eigenvalue weighted by molar-refractivity contribution is 5.99. The lowest BCUT2D eigenvalue weighted by atomic mass is 9.62. The van der Waals surface area contributed by atoms with Gasteiger partial charge in [0.2, 0.25) is 17.7 Å². The molecule has 8 heteroatoms. The van der Waals surface area contributed by atoms with E-state index in [9.17, 15) is 19.5 Å². The standard InChI is InChI=1S/C32H53N3O5/c1-11-16-33(10)26(37)23-24-27(38)34(18-14-13-15-19-36)25(32(24)20-22(3)31(23,9)40-32)28(39)35(17-12-2)30(7,8)21-29(4,5)6/h11-12,22-25,36H,1-2,13-21H2,3-10H3/t22?,23-,24-,25?,31+,32?/m0/s1. The molecular weight excluding hydrogens is 506 g/mol. The van der Waals surface area contributed by atoms with Crippen LogP contribution in [0, 0.1) is 23.2 Å². The van der Waals surface area contributed by atoms with E-state index in [1.165, 1.54) is 0 Å². The van der Waals surface area contributed by atoms with Crippen molar-refractivity contribution >= 4 is 17.7 Å². The molecule has 0 saturated carbocycles. The van der Waals surface area contributed by atoms with Crippen LogP contribution in [-0.4, -0.2) is 93.6 Å². The summed E-state index contributed by atoms with van der Waals surface area (Å²) in [6.45, 7) is 23.5. The molecule has 3 unspecified atom stereocenters. The molecule has 226 valence electrons. The molecule has 3 fully saturated rings. The first-order valence-corrected chi connectivity index (χ1v) is 14.9. The number of likely N-dealkylation sites (tertiary alicyclic amines) is 1. The third-order valence-electron chi connectivity index (χ3n) is 9.42. The maximum Gasteiger partial charge on any atom is 0.249 e. The van der Waals surface area contributed by atoms with Crippen LogP contribution in [0.15, 0.2) is 25.3 Å². The summed E-state index contributed by atoms with van der Waals surface area (Å²) >= 11 is 0. The monoisotopic (exact) mass is 559 g/mol. The molecule has 6 atom stereocenters. The Morgan fingerprint density at radius 2 is 1.73 bits per heavy atom. The van der Waals surface area contributed by atoms with Crippen molar-refractivity contribution < 1.29 is 24.2 Å². The van der Waals surface area contributed by atoms with Crippen molar-refractivity contribution in [2.24, 2.45) is 23.2 Å². The molecule has 0 aliphatic carbocycles. The summed E-state index contributed by atoms with van der Waals surface area (Å²) in [5.74, 6) is -1.87. The van der Waals surface area contributed by atoms with Crippen LogP contribution in [0.1, 0.15) is 80.6 Å². The highest BCUT2D eigenvalue weighted by atomic mass is 16.5. The Kier molecular flexibility index (Phi) is 9.37. The van der Waals surface area contributed by atoms with Gasteiger partial charge in [0.05, 0.1) is 17.4 Å². The fourth-order valence-corrected chi connectivity index (χ4v) is 8.03. The normalized spacial score (nSPS) is 31.3. The Bertz CT molecular complexity index is 1000. The zero-order valence-corrected chi connectivity index (χ0v) is 26.2. The Morgan fingerprint density at radius 3 is 2.27 bits per heavy atom. The van der Waals surface area contributed by atoms with Gasteiger partial charge in [0.25, 0.3) is 0 Å². The molecule has 40 heavy (non-hydrogen) atoms. The molecule has 3 aliphatic rings. The minimum Gasteiger partial charge on any atom is -0.396 e. The maximum absolute atomic E-state index is 14.8. The molecule has 0 aromatic carbocycles. The highest BCUT2D eigenvalue weighted by Crippen LogP contribution is 2.65. The fourth-order valence-electron chi connectivity index (χ4n) is 8.03. The van der Waals surface area contributed by atoms with Crippen LogP contribution in [-0.2, 0) is 19.1 Å². The summed E-state index contributed by atoms with van der Waals surface area (Å²) in [6.07, 6.45) is 6.75. The molecule has 3 rings (SSSR count). The number of nitrogens with zero attached hydrogens (tertiary/aromatic N) is 3. The molecule has 3 heterocycles. The number of rotatable bonds is 13. The summed E-state index contributed by atoms with van der Waals surface area (Å²) in [5.41, 5.74) is -2.46. The van der Waals surface area contributed by atoms with E-state index in [2.05, 4.69) is 54.7 Å². The molecular formula is C32H53N3O5. The predicted molar refractivity (Wildman–Crippen MR) is 157 cm³/mol. The van der Waals surface area contributed by atoms with Crippen molar-refractivity contribution in [1.82, 2.24) is 14.7 Å². The molecule has 0 radical (unpaired) electrons. The number of carbonyl (C=O) groups excluding carboxylic acids is 3. The number of aliphatic hydroxyl groups excluding tert-OH is 1. The second kappa shape index (κ2) is 11.6. The lowest BCUT2D eigenvalue weighted by Gasteiger charge is -2.45. The second-order valence-electron chi connectivity index (χ2n) is 14.3. The van der Waals surface area contributed by atoms with Gasteiger partial charge < -0.3 is 24.5 Å². The smallest absolute Gasteiger partial charge is 0.249 e. The Morgan fingerprint density at radius 1 is 1.10 bits per heavy atom. The van der Waals surface area contributed by atoms with Gasteiger partial charge in [0.15, 0.2) is 0 Å². The van der Waals surface area contributed by atoms with Gasteiger partial charge in [-0.1, -0.05) is 39.8 Å². The average molecular weight is 560 g/mol. The van der Waals surface area contributed by atoms with Crippen LogP contribution in [0.25, 0.3) is 0 Å². The zero-order valence-electron chi connectivity index (χ0n) is 26.2. The molecule has 2 bridgehead atoms. The number of ether oxygens (including phenoxy) is 1. The van der Waals surface area contributed by atoms with Gasteiger partial charge in [-0.15, -0.1) is 13.2 Å². The maximum atomic E-state index is 14.8. The number of hydrogen-bond donors (Lipinski definition) is 1. The fraction of sp³-hybridized carbons (Fsp3) is 0.781. The van der Waals surface area contributed by atoms with Gasteiger partial charge in [-0.3, -0.25) is 14.4 Å². The molecule has 3 amide bonds. The van der Waals surface area contributed by atoms with Crippen LogP contribution in [0.4, 0.5) is 0 Å². The first-order chi connectivity index (χ1) is 18.5. The Labute approximate surface area is 241 Å². The van der Waals surface area contributed by atoms with Crippen molar-refractivity contribution in [2.75, 3.05) is 33.3 Å². The van der Waals surface area contributed by atoms with E-state index < -0.39 is 34.6 Å². The predicted octanol–water partition coefficient (Wildman–Crippen LogP) is 4.03. The van der Waals surface area contributed by atoms with Crippen LogP contribution in [0.3, 0.4) is 0 Å². The van der Waals surface area contributed by atoms with Crippen LogP contribution in [0.2, 0.25) is 0 Å². The van der Waals surface area contributed by atoms with E-state index in [4.69, 9.17) is 4.74 Å². The van der Waals surface area contributed by atoms with Crippen molar-refractivity contribution in [2.45, 2.75) is 103 Å². The number of unbranched alkanes of at least 4 members (excludes halogenated alkanes) is 2. The molecule has 1 N–H and O–H groups in total. The molecule has 0 aromatic heterocycles. The quantitative estimate of drug-likeness (QED) is 0.272. The molecule has 3 aliphatic heterocycles. The lowest BCUT2D eigenvalue weighted by Crippen LogP contribution is -2.61. The molecule has 8 nitrogen and oxygen atoms in total. The average Bonchev–Trinajstić information content (AvgIpc) is 3.34. The number of carbonyl (C=O) groups is 3. The first-order valence-electron chi connectivity index (χ1n) is 14.9. The van der Waals surface area contributed by atoms with Crippen molar-refractivity contribution in [3.63, 3.8) is 0 Å². The van der Waals surface area contributed by atoms with Gasteiger partial charge >= 0.3 is 0 Å². The Balaban J connectivity index is 2.13. The summed E-state index contributed by atoms with van der Waals surface area (Å²) in [4.78, 5) is 48.3. The first kappa shape index (κ1) is 32.3. The lowest BCUT2D eigenvalue weighted by molar-refractivity contribution is -0.157. The molecule has 0 aromatic rings. The van der Waals surface area contributed by atoms with E-state index in [0.29, 0.717) is 38.9 Å². The largest absolute Gasteiger partial charge is 0.396 e. The van der Waals surface area contributed by atoms with Gasteiger partial charge in [0.1, 0.15) is 11.6 Å². The molecule has 3 saturated heterocycles.